The van der Waals surface area contributed by atoms with Gasteiger partial charge in [0.15, 0.2) is 23.1 Å². The maximum absolute atomic E-state index is 8.92. The van der Waals surface area contributed by atoms with E-state index in [1.54, 1.807) is 4.57 Å². The Kier molecular flexibility index (Phi) is 5.17. The van der Waals surface area contributed by atoms with Gasteiger partial charge in [-0.1, -0.05) is 139 Å². The highest BCUT2D eigenvalue weighted by molar-refractivity contribution is 6.13. The number of fused-ring (bicyclic) bond motifs is 6. The molecule has 0 bridgehead atoms. The van der Waals surface area contributed by atoms with Crippen molar-refractivity contribution in [2.24, 2.45) is 0 Å². The van der Waals surface area contributed by atoms with Crippen molar-refractivity contribution in [2.75, 3.05) is 0 Å². The second kappa shape index (κ2) is 11.4. The molecule has 0 aliphatic carbocycles. The highest BCUT2D eigenvalue weighted by Gasteiger charge is 2.19. The minimum atomic E-state index is -0.168. The number of benzene rings is 7. The summed E-state index contributed by atoms with van der Waals surface area (Å²) in [6.07, 6.45) is 0. The van der Waals surface area contributed by atoms with E-state index in [0.717, 1.165) is 33.0 Å². The molecule has 0 radical (unpaired) electrons. The van der Waals surface area contributed by atoms with Gasteiger partial charge < -0.3 is 8.98 Å². The van der Waals surface area contributed by atoms with Crippen molar-refractivity contribution in [2.45, 2.75) is 0 Å². The largest absolute Gasteiger partial charge is 0.454 e. The molecule has 0 spiro atoms. The van der Waals surface area contributed by atoms with Gasteiger partial charge in [-0.15, -0.1) is 0 Å². The van der Waals surface area contributed by atoms with Crippen LogP contribution in [0.2, 0.25) is 0 Å². The molecule has 50 heavy (non-hydrogen) atoms. The Morgan fingerprint density at radius 2 is 0.980 bits per heavy atom. The molecule has 3 aromatic heterocycles. The molecule has 0 amide bonds. The van der Waals surface area contributed by atoms with Crippen LogP contribution in [0.3, 0.4) is 0 Å². The molecule has 234 valence electrons. The van der Waals surface area contributed by atoms with Crippen LogP contribution < -0.4 is 0 Å². The minimum absolute atomic E-state index is 0.0347. The van der Waals surface area contributed by atoms with Crippen molar-refractivity contribution in [3.05, 3.63) is 170 Å². The fourth-order valence-electron chi connectivity index (χ4n) is 6.65. The molecule has 0 atom stereocenters. The lowest BCUT2D eigenvalue weighted by Gasteiger charge is -2.09. The monoisotopic (exact) mass is 646 g/mol. The van der Waals surface area contributed by atoms with Gasteiger partial charge >= 0.3 is 0 Å². The summed E-state index contributed by atoms with van der Waals surface area (Å²) in [5, 5.41) is 1.98. The van der Waals surface area contributed by atoms with Crippen molar-refractivity contribution in [3.8, 4) is 51.0 Å². The molecule has 0 saturated carbocycles. The number of hydrogen-bond acceptors (Lipinski definition) is 4. The fraction of sp³-hybridized carbons (Fsp3) is 0. The summed E-state index contributed by atoms with van der Waals surface area (Å²) in [5.41, 5.74) is 6.68. The summed E-state index contributed by atoms with van der Waals surface area (Å²) in [4.78, 5) is 14.8. The van der Waals surface area contributed by atoms with Gasteiger partial charge in [-0.3, -0.25) is 0 Å². The average molecular weight is 647 g/mol. The molecule has 10 rings (SSSR count). The molecule has 5 heteroatoms. The first-order valence-electron chi connectivity index (χ1n) is 19.2. The molecular weight excluding hydrogens is 613 g/mol. The third kappa shape index (κ3) is 4.60. The van der Waals surface area contributed by atoms with Gasteiger partial charge in [0.2, 0.25) is 0 Å². The summed E-state index contributed by atoms with van der Waals surface area (Å²) in [7, 11) is 0. The van der Waals surface area contributed by atoms with Crippen LogP contribution in [-0.4, -0.2) is 19.5 Å². The van der Waals surface area contributed by atoms with Crippen LogP contribution in [0.1, 0.15) is 8.22 Å². The van der Waals surface area contributed by atoms with Crippen LogP contribution in [-0.2, 0) is 0 Å². The van der Waals surface area contributed by atoms with E-state index >= 15 is 0 Å². The Morgan fingerprint density at radius 3 is 1.64 bits per heavy atom. The Morgan fingerprint density at radius 1 is 0.440 bits per heavy atom. The molecule has 0 fully saturated rings. The van der Waals surface area contributed by atoms with Gasteiger partial charge in [0.1, 0.15) is 5.58 Å². The molecule has 10 aromatic rings. The van der Waals surface area contributed by atoms with Gasteiger partial charge in [0.25, 0.3) is 0 Å². The highest BCUT2D eigenvalue weighted by Crippen LogP contribution is 2.39. The summed E-state index contributed by atoms with van der Waals surface area (Å²) in [6.45, 7) is 0. The topological polar surface area (TPSA) is 56.7 Å². The van der Waals surface area contributed by atoms with Crippen molar-refractivity contribution >= 4 is 43.7 Å². The molecule has 3 heterocycles. The van der Waals surface area contributed by atoms with Crippen LogP contribution in [0.25, 0.3) is 94.7 Å². The van der Waals surface area contributed by atoms with Crippen LogP contribution in [0.15, 0.2) is 174 Å². The van der Waals surface area contributed by atoms with Crippen LogP contribution in [0, 0.1) is 0 Å². The molecule has 0 aliphatic rings. The predicted molar refractivity (Wildman–Crippen MR) is 203 cm³/mol. The van der Waals surface area contributed by atoms with E-state index in [4.69, 9.17) is 27.6 Å². The highest BCUT2D eigenvalue weighted by atomic mass is 16.3. The number of furan rings is 1. The van der Waals surface area contributed by atoms with E-state index in [2.05, 4.69) is 24.3 Å². The Hall–Kier alpha value is -6.85. The second-order valence-electron chi connectivity index (χ2n) is 12.0. The van der Waals surface area contributed by atoms with Gasteiger partial charge in [-0.05, 0) is 41.4 Å². The van der Waals surface area contributed by atoms with Gasteiger partial charge in [0.05, 0.1) is 24.9 Å². The number of nitrogens with zero attached hydrogens (tertiary/aromatic N) is 4. The number of para-hydroxylation sites is 3. The van der Waals surface area contributed by atoms with Crippen LogP contribution in [0.4, 0.5) is 0 Å². The molecule has 5 nitrogen and oxygen atoms in total. The fourth-order valence-corrected chi connectivity index (χ4v) is 6.65. The molecule has 0 saturated heterocycles. The Balaban J connectivity index is 1.16. The third-order valence-corrected chi connectivity index (χ3v) is 9.02. The maximum Gasteiger partial charge on any atom is 0.164 e. The zero-order chi connectivity index (χ0) is 38.2. The lowest BCUT2D eigenvalue weighted by atomic mass is 10.0. The van der Waals surface area contributed by atoms with Gasteiger partial charge in [-0.2, -0.15) is 0 Å². The first-order chi connectivity index (χ1) is 27.2. The first-order valence-corrected chi connectivity index (χ1v) is 16.2. The number of rotatable bonds is 5. The van der Waals surface area contributed by atoms with E-state index < -0.39 is 0 Å². The molecular formula is C45H28N4O. The number of hydrogen-bond donors (Lipinski definition) is 0. The van der Waals surface area contributed by atoms with Crippen LogP contribution in [0.5, 0.6) is 0 Å². The normalized spacial score (nSPS) is 13.3. The summed E-state index contributed by atoms with van der Waals surface area (Å²) in [5.74, 6) is 1.52. The average Bonchev–Trinajstić information content (AvgIpc) is 3.80. The molecule has 0 aliphatic heterocycles. The van der Waals surface area contributed by atoms with Crippen molar-refractivity contribution < 1.29 is 12.6 Å². The zero-order valence-electron chi connectivity index (χ0n) is 32.4. The van der Waals surface area contributed by atoms with Gasteiger partial charge in [-0.25, -0.2) is 15.0 Å². The van der Waals surface area contributed by atoms with E-state index in [1.807, 2.05) is 97.1 Å². The SMILES string of the molecule is [2H]c1cc([2H])c2c(c1[2H])c1c([2H])c([2H])cc([2H])c1n2-c1cccc2c1oc1cc(-c3nc(-c4ccccc4)nc(-c4ccc(-c5ccccc5)cc4)n3)ccc12. The summed E-state index contributed by atoms with van der Waals surface area (Å²) >= 11 is 0. The lowest BCUT2D eigenvalue weighted by Crippen LogP contribution is -2.00. The maximum atomic E-state index is 8.92. The number of aromatic nitrogens is 4. The smallest absolute Gasteiger partial charge is 0.164 e. The van der Waals surface area contributed by atoms with E-state index in [-0.39, 0.29) is 58.1 Å². The molecule has 0 N–H and O–H groups in total. The van der Waals surface area contributed by atoms with E-state index in [9.17, 15) is 0 Å². The Bertz CT molecular complexity index is 3130. The molecule has 7 aromatic carbocycles. The van der Waals surface area contributed by atoms with Crippen molar-refractivity contribution in [1.82, 2.24) is 19.5 Å². The standard InChI is InChI=1S/C45H28N4O/c1-3-12-29(13-4-1)30-22-24-32(25-23-30)44-46-43(31-14-5-2-6-15-31)47-45(48-44)33-26-27-36-37-18-11-21-40(42(37)50-41(36)28-33)49-38-19-9-7-16-34(38)35-17-8-10-20-39(35)49/h1-28H/i7D,8D,16D,17D,19D,20D. The lowest BCUT2D eigenvalue weighted by molar-refractivity contribution is 0.666. The summed E-state index contributed by atoms with van der Waals surface area (Å²) < 4.78 is 60.5. The predicted octanol–water partition coefficient (Wildman–Crippen LogP) is 11.5. The first kappa shape index (κ1) is 22.7. The Labute approximate surface area is 296 Å². The molecule has 0 unspecified atom stereocenters. The van der Waals surface area contributed by atoms with Crippen molar-refractivity contribution in [3.63, 3.8) is 0 Å². The van der Waals surface area contributed by atoms with Crippen molar-refractivity contribution in [1.29, 1.82) is 0 Å². The third-order valence-electron chi connectivity index (χ3n) is 9.02. The zero-order valence-corrected chi connectivity index (χ0v) is 26.4. The minimum Gasteiger partial charge on any atom is -0.454 e. The van der Waals surface area contributed by atoms with E-state index in [1.165, 1.54) is 12.1 Å². The van der Waals surface area contributed by atoms with Gasteiger partial charge in [0, 0.05) is 38.2 Å². The quantitative estimate of drug-likeness (QED) is 0.187. The van der Waals surface area contributed by atoms with E-state index in [0.29, 0.717) is 39.9 Å². The second-order valence-corrected chi connectivity index (χ2v) is 12.0. The van der Waals surface area contributed by atoms with Crippen LogP contribution >= 0.6 is 0 Å². The summed E-state index contributed by atoms with van der Waals surface area (Å²) in [6, 6.07) is 41.4.